The number of rotatable bonds is 2. The second kappa shape index (κ2) is 5.85. The summed E-state index contributed by atoms with van der Waals surface area (Å²) < 4.78 is 2.37. The lowest BCUT2D eigenvalue weighted by Gasteiger charge is -2.18. The van der Waals surface area contributed by atoms with E-state index in [2.05, 4.69) is 51.8 Å². The fraction of sp³-hybridized carbons (Fsp3) is 0.227. The van der Waals surface area contributed by atoms with Gasteiger partial charge in [0, 0.05) is 29.0 Å². The number of para-hydroxylation sites is 2. The van der Waals surface area contributed by atoms with Gasteiger partial charge < -0.3 is 14.5 Å². The first-order chi connectivity index (χ1) is 12.7. The van der Waals surface area contributed by atoms with Crippen LogP contribution in [-0.2, 0) is 0 Å². The summed E-state index contributed by atoms with van der Waals surface area (Å²) in [6.07, 6.45) is 1.10. The molecule has 1 N–H and O–H groups in total. The summed E-state index contributed by atoms with van der Waals surface area (Å²) in [6.45, 7) is 2.10. The number of H-pyrrole nitrogens is 1. The van der Waals surface area contributed by atoms with Gasteiger partial charge in [-0.15, -0.1) is 0 Å². The minimum absolute atomic E-state index is 0.0286. The van der Waals surface area contributed by atoms with Gasteiger partial charge in [0.05, 0.1) is 11.3 Å². The van der Waals surface area contributed by atoms with E-state index in [1.54, 1.807) is 0 Å². The van der Waals surface area contributed by atoms with Gasteiger partial charge in [-0.1, -0.05) is 36.4 Å². The Labute approximate surface area is 151 Å². The second-order valence-corrected chi connectivity index (χ2v) is 7.26. The van der Waals surface area contributed by atoms with E-state index in [0.717, 1.165) is 41.7 Å². The lowest BCUT2D eigenvalue weighted by Crippen LogP contribution is -2.18. The highest BCUT2D eigenvalue weighted by Gasteiger charge is 2.25. The van der Waals surface area contributed by atoms with Gasteiger partial charge in [-0.05, 0) is 49.7 Å². The molecule has 130 valence electrons. The molecule has 0 amide bonds. The van der Waals surface area contributed by atoms with Crippen molar-refractivity contribution in [2.45, 2.75) is 12.5 Å². The standard InChI is InChI=1S/C22H21N3O/c1-24-11-10-17(14-24)25-20-9-5-3-7-16(20)13-21(25)18-12-15-6-2-4-8-19(15)23-22(18)26/h2-9,12-13,17H,10-11,14H2,1H3,(H,23,26). The fourth-order valence-electron chi connectivity index (χ4n) is 4.24. The van der Waals surface area contributed by atoms with Crippen LogP contribution in [-0.4, -0.2) is 34.6 Å². The number of hydrogen-bond acceptors (Lipinski definition) is 2. The van der Waals surface area contributed by atoms with E-state index in [1.165, 1.54) is 10.9 Å². The van der Waals surface area contributed by atoms with Crippen LogP contribution in [0.3, 0.4) is 0 Å². The van der Waals surface area contributed by atoms with Gasteiger partial charge >= 0.3 is 0 Å². The number of nitrogens with zero attached hydrogens (tertiary/aromatic N) is 2. The lowest BCUT2D eigenvalue weighted by molar-refractivity contribution is 0.396. The number of aromatic nitrogens is 2. The Hall–Kier alpha value is -2.85. The summed E-state index contributed by atoms with van der Waals surface area (Å²) in [4.78, 5) is 18.3. The molecule has 2 aromatic heterocycles. The third kappa shape index (κ3) is 2.37. The second-order valence-electron chi connectivity index (χ2n) is 7.26. The van der Waals surface area contributed by atoms with Crippen molar-refractivity contribution in [3.05, 3.63) is 71.0 Å². The molecular weight excluding hydrogens is 322 g/mol. The van der Waals surface area contributed by atoms with Crippen LogP contribution >= 0.6 is 0 Å². The number of fused-ring (bicyclic) bond motifs is 2. The van der Waals surface area contributed by atoms with E-state index in [0.29, 0.717) is 6.04 Å². The molecule has 3 heterocycles. The molecule has 26 heavy (non-hydrogen) atoms. The molecule has 0 radical (unpaired) electrons. The van der Waals surface area contributed by atoms with Gasteiger partial charge in [0.25, 0.3) is 5.56 Å². The monoisotopic (exact) mass is 343 g/mol. The Morgan fingerprint density at radius 2 is 1.77 bits per heavy atom. The number of likely N-dealkylation sites (tertiary alicyclic amines) is 1. The smallest absolute Gasteiger partial charge is 0.257 e. The molecule has 1 aliphatic heterocycles. The van der Waals surface area contributed by atoms with E-state index in [-0.39, 0.29) is 5.56 Å². The molecule has 5 rings (SSSR count). The van der Waals surface area contributed by atoms with Crippen molar-refractivity contribution in [3.8, 4) is 11.3 Å². The summed E-state index contributed by atoms with van der Waals surface area (Å²) in [6, 6.07) is 20.9. The Kier molecular flexibility index (Phi) is 3.47. The van der Waals surface area contributed by atoms with Gasteiger partial charge in [0.2, 0.25) is 0 Å². The first-order valence-electron chi connectivity index (χ1n) is 9.12. The van der Waals surface area contributed by atoms with Gasteiger partial charge in [0.1, 0.15) is 0 Å². The van der Waals surface area contributed by atoms with Crippen LogP contribution in [0.1, 0.15) is 12.5 Å². The van der Waals surface area contributed by atoms with E-state index in [4.69, 9.17) is 0 Å². The predicted octanol–water partition coefficient (Wildman–Crippen LogP) is 4.03. The Morgan fingerprint density at radius 3 is 2.58 bits per heavy atom. The largest absolute Gasteiger partial charge is 0.336 e. The lowest BCUT2D eigenvalue weighted by atomic mass is 10.1. The van der Waals surface area contributed by atoms with Crippen molar-refractivity contribution in [2.24, 2.45) is 0 Å². The summed E-state index contributed by atoms with van der Waals surface area (Å²) in [5, 5.41) is 2.24. The topological polar surface area (TPSA) is 41.0 Å². The minimum atomic E-state index is -0.0286. The number of aromatic amines is 1. The molecule has 1 atom stereocenters. The molecular formula is C22H21N3O. The Balaban J connectivity index is 1.79. The average Bonchev–Trinajstić information content (AvgIpc) is 3.24. The van der Waals surface area contributed by atoms with Crippen molar-refractivity contribution in [2.75, 3.05) is 20.1 Å². The third-order valence-electron chi connectivity index (χ3n) is 5.51. The number of hydrogen-bond donors (Lipinski definition) is 1. The highest BCUT2D eigenvalue weighted by atomic mass is 16.1. The van der Waals surface area contributed by atoms with Crippen LogP contribution in [0.25, 0.3) is 33.1 Å². The molecule has 4 heteroatoms. The Bertz CT molecular complexity index is 1170. The maximum Gasteiger partial charge on any atom is 0.257 e. The van der Waals surface area contributed by atoms with Gasteiger partial charge in [-0.25, -0.2) is 0 Å². The zero-order chi connectivity index (χ0) is 17.7. The molecule has 0 aliphatic carbocycles. The molecule has 2 aromatic carbocycles. The summed E-state index contributed by atoms with van der Waals surface area (Å²) in [7, 11) is 2.16. The van der Waals surface area contributed by atoms with E-state index in [1.807, 2.05) is 30.3 Å². The van der Waals surface area contributed by atoms with Crippen LogP contribution in [0, 0.1) is 0 Å². The maximum absolute atomic E-state index is 12.9. The van der Waals surface area contributed by atoms with Crippen molar-refractivity contribution in [1.29, 1.82) is 0 Å². The molecule has 1 saturated heterocycles. The Morgan fingerprint density at radius 1 is 1.00 bits per heavy atom. The zero-order valence-corrected chi connectivity index (χ0v) is 14.8. The molecule has 1 aliphatic rings. The number of benzene rings is 2. The van der Waals surface area contributed by atoms with Crippen molar-refractivity contribution < 1.29 is 0 Å². The van der Waals surface area contributed by atoms with Crippen molar-refractivity contribution >= 4 is 21.8 Å². The van der Waals surface area contributed by atoms with Crippen LogP contribution in [0.5, 0.6) is 0 Å². The SMILES string of the molecule is CN1CCC(n2c(-c3cc4ccccc4[nH]c3=O)cc3ccccc32)C1. The molecule has 0 spiro atoms. The maximum atomic E-state index is 12.9. The normalized spacial score (nSPS) is 18.1. The van der Waals surface area contributed by atoms with Crippen LogP contribution in [0.4, 0.5) is 0 Å². The van der Waals surface area contributed by atoms with E-state index >= 15 is 0 Å². The fourth-order valence-corrected chi connectivity index (χ4v) is 4.24. The predicted molar refractivity (Wildman–Crippen MR) is 107 cm³/mol. The summed E-state index contributed by atoms with van der Waals surface area (Å²) in [5.74, 6) is 0. The molecule has 1 fully saturated rings. The minimum Gasteiger partial charge on any atom is -0.336 e. The van der Waals surface area contributed by atoms with Crippen LogP contribution in [0.15, 0.2) is 65.5 Å². The van der Waals surface area contributed by atoms with Gasteiger partial charge in [0.15, 0.2) is 0 Å². The quantitative estimate of drug-likeness (QED) is 0.597. The molecule has 4 aromatic rings. The highest BCUT2D eigenvalue weighted by Crippen LogP contribution is 2.34. The van der Waals surface area contributed by atoms with Crippen molar-refractivity contribution in [1.82, 2.24) is 14.5 Å². The van der Waals surface area contributed by atoms with Crippen LogP contribution < -0.4 is 5.56 Å². The number of likely N-dealkylation sites (N-methyl/N-ethyl adjacent to an activating group) is 1. The molecule has 1 unspecified atom stereocenters. The summed E-state index contributed by atoms with van der Waals surface area (Å²) in [5.41, 5.74) is 3.81. The number of nitrogens with one attached hydrogen (secondary N) is 1. The molecule has 4 nitrogen and oxygen atoms in total. The average molecular weight is 343 g/mol. The molecule has 0 saturated carbocycles. The highest BCUT2D eigenvalue weighted by molar-refractivity contribution is 5.89. The first-order valence-corrected chi connectivity index (χ1v) is 9.12. The van der Waals surface area contributed by atoms with E-state index < -0.39 is 0 Å². The van der Waals surface area contributed by atoms with E-state index in [9.17, 15) is 4.79 Å². The summed E-state index contributed by atoms with van der Waals surface area (Å²) >= 11 is 0. The van der Waals surface area contributed by atoms with Gasteiger partial charge in [-0.3, -0.25) is 4.79 Å². The number of pyridine rings is 1. The molecule has 0 bridgehead atoms. The van der Waals surface area contributed by atoms with Crippen LogP contribution in [0.2, 0.25) is 0 Å². The van der Waals surface area contributed by atoms with Gasteiger partial charge in [-0.2, -0.15) is 0 Å². The van der Waals surface area contributed by atoms with Crippen molar-refractivity contribution in [3.63, 3.8) is 0 Å². The third-order valence-corrected chi connectivity index (χ3v) is 5.51. The zero-order valence-electron chi connectivity index (χ0n) is 14.8. The first kappa shape index (κ1) is 15.4.